The van der Waals surface area contributed by atoms with E-state index >= 15 is 0 Å². The number of rotatable bonds is 7. The van der Waals surface area contributed by atoms with Gasteiger partial charge < -0.3 is 0 Å². The molecule has 120 valence electrons. The molecular formula is C19H22O3P+. The third kappa shape index (κ3) is 4.07. The molecule has 0 heterocycles. The highest BCUT2D eigenvalue weighted by atomic mass is 31.1. The molecule has 0 spiro atoms. The van der Waals surface area contributed by atoms with Crippen LogP contribution < -0.4 is 0 Å². The van der Waals surface area contributed by atoms with Crippen LogP contribution in [0.1, 0.15) is 37.8 Å². The summed E-state index contributed by atoms with van der Waals surface area (Å²) >= 11 is 0. The molecule has 4 heteroatoms. The Morgan fingerprint density at radius 3 is 1.87 bits per heavy atom. The van der Waals surface area contributed by atoms with Crippen molar-refractivity contribution < 1.29 is 14.0 Å². The van der Waals surface area contributed by atoms with E-state index in [1.807, 2.05) is 49.4 Å². The molecule has 0 radical (unpaired) electrons. The van der Waals surface area contributed by atoms with Crippen molar-refractivity contribution in [1.82, 2.24) is 0 Å². The van der Waals surface area contributed by atoms with Crippen molar-refractivity contribution in [3.8, 4) is 0 Å². The van der Waals surface area contributed by atoms with Crippen LogP contribution in [-0.4, -0.2) is 4.89 Å². The molecule has 1 N–H and O–H groups in total. The highest BCUT2D eigenvalue weighted by molar-refractivity contribution is 7.32. The first kappa shape index (κ1) is 17.4. The fourth-order valence-corrected chi connectivity index (χ4v) is 3.27. The molecule has 0 aliphatic rings. The molecule has 2 rings (SSSR count). The smallest absolute Gasteiger partial charge is 0.234 e. The van der Waals surface area contributed by atoms with Crippen molar-refractivity contribution in [1.29, 1.82) is 0 Å². The predicted molar refractivity (Wildman–Crippen MR) is 93.2 cm³/mol. The lowest BCUT2D eigenvalue weighted by Crippen LogP contribution is -2.25. The van der Waals surface area contributed by atoms with Crippen LogP contribution in [-0.2, 0) is 14.5 Å². The molecular weight excluding hydrogens is 307 g/mol. The van der Waals surface area contributed by atoms with E-state index in [0.717, 1.165) is 17.5 Å². The number of benzene rings is 2. The fraction of sp³-hybridized carbons (Fsp3) is 0.263. The molecule has 0 fully saturated rings. The van der Waals surface area contributed by atoms with Crippen LogP contribution in [0.4, 0.5) is 0 Å². The van der Waals surface area contributed by atoms with Crippen LogP contribution in [0.3, 0.4) is 0 Å². The zero-order chi connectivity index (χ0) is 16.7. The Balaban J connectivity index is 2.64. The zero-order valence-electron chi connectivity index (χ0n) is 13.5. The monoisotopic (exact) mass is 329 g/mol. The SMILES string of the molecule is CCC(=CC(CC)(c1ccccc1)c1ccccc1)O[P+](=O)O. The maximum absolute atomic E-state index is 11.1. The van der Waals surface area contributed by atoms with E-state index in [-0.39, 0.29) is 5.41 Å². The first-order valence-corrected chi connectivity index (χ1v) is 8.92. The number of hydrogen-bond acceptors (Lipinski definition) is 2. The third-order valence-corrected chi connectivity index (χ3v) is 4.48. The Hall–Kier alpha value is -1.96. The minimum absolute atomic E-state index is 0.390. The van der Waals surface area contributed by atoms with Crippen molar-refractivity contribution in [2.75, 3.05) is 0 Å². The highest BCUT2D eigenvalue weighted by Gasteiger charge is 2.32. The summed E-state index contributed by atoms with van der Waals surface area (Å²) in [5.74, 6) is 0.531. The van der Waals surface area contributed by atoms with Gasteiger partial charge in [-0.25, -0.2) is 4.52 Å². The number of allylic oxidation sites excluding steroid dienone is 2. The highest BCUT2D eigenvalue weighted by Crippen LogP contribution is 2.39. The van der Waals surface area contributed by atoms with E-state index in [0.29, 0.717) is 12.2 Å². The summed E-state index contributed by atoms with van der Waals surface area (Å²) in [5, 5.41) is 0. The van der Waals surface area contributed by atoms with E-state index in [1.165, 1.54) is 0 Å². The Bertz CT molecular complexity index is 626. The van der Waals surface area contributed by atoms with Crippen molar-refractivity contribution >= 4 is 8.25 Å². The summed E-state index contributed by atoms with van der Waals surface area (Å²) in [6.07, 6.45) is 3.36. The molecule has 1 atom stereocenters. The zero-order valence-corrected chi connectivity index (χ0v) is 14.4. The first-order chi connectivity index (χ1) is 11.1. The van der Waals surface area contributed by atoms with Crippen LogP contribution in [0.15, 0.2) is 72.5 Å². The van der Waals surface area contributed by atoms with Gasteiger partial charge in [0, 0.05) is 16.4 Å². The van der Waals surface area contributed by atoms with Gasteiger partial charge in [-0.3, -0.25) is 0 Å². The third-order valence-electron chi connectivity index (χ3n) is 4.09. The van der Waals surface area contributed by atoms with E-state index in [2.05, 4.69) is 31.2 Å². The van der Waals surface area contributed by atoms with Crippen LogP contribution in [0.25, 0.3) is 0 Å². The molecule has 3 nitrogen and oxygen atoms in total. The van der Waals surface area contributed by atoms with Crippen LogP contribution in [0.5, 0.6) is 0 Å². The lowest BCUT2D eigenvalue weighted by molar-refractivity contribution is 0.338. The van der Waals surface area contributed by atoms with Gasteiger partial charge in [0.1, 0.15) is 0 Å². The van der Waals surface area contributed by atoms with Crippen LogP contribution >= 0.6 is 8.25 Å². The van der Waals surface area contributed by atoms with Crippen LogP contribution in [0.2, 0.25) is 0 Å². The van der Waals surface area contributed by atoms with Gasteiger partial charge in [0.05, 0.1) is 0 Å². The molecule has 0 bridgehead atoms. The average molecular weight is 329 g/mol. The Labute approximate surface area is 138 Å². The lowest BCUT2D eigenvalue weighted by Gasteiger charge is -2.31. The van der Waals surface area contributed by atoms with E-state index in [1.54, 1.807) is 0 Å². The molecule has 0 aliphatic heterocycles. The van der Waals surface area contributed by atoms with Crippen LogP contribution in [0, 0.1) is 0 Å². The second kappa shape index (κ2) is 8.05. The van der Waals surface area contributed by atoms with Gasteiger partial charge in [0.15, 0.2) is 5.76 Å². The standard InChI is InChI=1S/C19H21O3P/c1-3-18(22-23(20)21)15-19(4-2,16-11-7-5-8-12-16)17-13-9-6-10-14-17/h5-15H,3-4H2,1-2H3/p+1. The quantitative estimate of drug-likeness (QED) is 0.551. The predicted octanol–water partition coefficient (Wildman–Crippen LogP) is 5.34. The summed E-state index contributed by atoms with van der Waals surface area (Å²) in [4.78, 5) is 9.11. The van der Waals surface area contributed by atoms with Crippen molar-refractivity contribution in [2.45, 2.75) is 32.1 Å². The Kier molecular flexibility index (Phi) is 6.09. The van der Waals surface area contributed by atoms with Gasteiger partial charge >= 0.3 is 8.25 Å². The summed E-state index contributed by atoms with van der Waals surface area (Å²) in [6, 6.07) is 20.3. The van der Waals surface area contributed by atoms with Crippen molar-refractivity contribution in [2.24, 2.45) is 0 Å². The molecule has 2 aromatic rings. The Morgan fingerprint density at radius 1 is 1.04 bits per heavy atom. The van der Waals surface area contributed by atoms with E-state index in [4.69, 9.17) is 9.42 Å². The molecule has 0 aliphatic carbocycles. The maximum atomic E-state index is 11.1. The second-order valence-corrected chi connectivity index (χ2v) is 6.01. The van der Waals surface area contributed by atoms with Gasteiger partial charge in [-0.2, -0.15) is 0 Å². The second-order valence-electron chi connectivity index (χ2n) is 5.35. The molecule has 23 heavy (non-hydrogen) atoms. The molecule has 2 aromatic carbocycles. The summed E-state index contributed by atoms with van der Waals surface area (Å²) < 4.78 is 16.2. The van der Waals surface area contributed by atoms with Gasteiger partial charge in [-0.05, 0) is 23.6 Å². The van der Waals surface area contributed by atoms with Gasteiger partial charge in [0.25, 0.3) is 0 Å². The minimum Gasteiger partial charge on any atom is -0.234 e. The lowest BCUT2D eigenvalue weighted by atomic mass is 9.72. The first-order valence-electron chi connectivity index (χ1n) is 7.79. The normalized spacial score (nSPS) is 12.8. The van der Waals surface area contributed by atoms with Crippen molar-refractivity contribution in [3.05, 3.63) is 83.6 Å². The summed E-state index contributed by atoms with van der Waals surface area (Å²) in [5.41, 5.74) is 1.88. The molecule has 0 amide bonds. The van der Waals surface area contributed by atoms with Gasteiger partial charge in [-0.15, -0.1) is 4.89 Å². The average Bonchev–Trinajstić information content (AvgIpc) is 2.60. The summed E-state index contributed by atoms with van der Waals surface area (Å²) in [6.45, 7) is 4.03. The molecule has 0 saturated carbocycles. The molecule has 0 saturated heterocycles. The topological polar surface area (TPSA) is 46.5 Å². The summed E-state index contributed by atoms with van der Waals surface area (Å²) in [7, 11) is -2.66. The maximum Gasteiger partial charge on any atom is 0.747 e. The van der Waals surface area contributed by atoms with E-state index in [9.17, 15) is 4.57 Å². The van der Waals surface area contributed by atoms with Gasteiger partial charge in [-0.1, -0.05) is 74.5 Å². The number of hydrogen-bond donors (Lipinski definition) is 1. The van der Waals surface area contributed by atoms with Gasteiger partial charge in [0.2, 0.25) is 0 Å². The molecule has 0 aromatic heterocycles. The van der Waals surface area contributed by atoms with E-state index < -0.39 is 8.25 Å². The van der Waals surface area contributed by atoms with Crippen molar-refractivity contribution in [3.63, 3.8) is 0 Å². The molecule has 1 unspecified atom stereocenters. The largest absolute Gasteiger partial charge is 0.747 e. The minimum atomic E-state index is -2.66. The Morgan fingerprint density at radius 2 is 1.52 bits per heavy atom. The fourth-order valence-electron chi connectivity index (χ4n) is 2.88.